The van der Waals surface area contributed by atoms with E-state index in [1.165, 1.54) is 71.1 Å². The minimum absolute atomic E-state index is 0. The summed E-state index contributed by atoms with van der Waals surface area (Å²) in [6.45, 7) is 3.63. The molecular weight excluding hydrogens is 361 g/mol. The number of ether oxygens (including phenoxy) is 1. The first-order valence-electron chi connectivity index (χ1n) is 9.50. The van der Waals surface area contributed by atoms with Crippen LogP contribution in [0.2, 0.25) is 0 Å². The third-order valence-corrected chi connectivity index (χ3v) is 4.14. The number of carboxylic acid groups (broad SMARTS) is 1. The molecule has 1 N–H and O–H groups in total. The monoisotopic (exact) mass is 400 g/mol. The molecule has 142 valence electrons. The minimum atomic E-state index is -1.09. The maximum absolute atomic E-state index is 11.4. The molecular formula is C19H39Na3O4. The van der Waals surface area contributed by atoms with E-state index in [2.05, 4.69) is 6.92 Å². The molecule has 0 rings (SSSR count). The molecule has 0 amide bonds. The van der Waals surface area contributed by atoms with Crippen LogP contribution in [-0.4, -0.2) is 112 Å². The SMILES string of the molecule is CCCCCCCCCCCCCCCC(=O)OC(C)C(=O)O.[NaH].[NaH].[NaH]. The van der Waals surface area contributed by atoms with Crippen LogP contribution in [0.4, 0.5) is 0 Å². The molecule has 1 unspecified atom stereocenters. The fourth-order valence-corrected chi connectivity index (χ4v) is 2.59. The molecule has 0 aliphatic carbocycles. The number of carboxylic acids is 1. The van der Waals surface area contributed by atoms with Gasteiger partial charge in [0.05, 0.1) is 0 Å². The summed E-state index contributed by atoms with van der Waals surface area (Å²) >= 11 is 0. The Hall–Kier alpha value is 1.94. The van der Waals surface area contributed by atoms with Crippen LogP contribution >= 0.6 is 0 Å². The summed E-state index contributed by atoms with van der Waals surface area (Å²) in [5.41, 5.74) is 0. The average molecular weight is 400 g/mol. The van der Waals surface area contributed by atoms with Crippen LogP contribution in [0.25, 0.3) is 0 Å². The quantitative estimate of drug-likeness (QED) is 0.245. The van der Waals surface area contributed by atoms with E-state index in [0.717, 1.165) is 19.3 Å². The van der Waals surface area contributed by atoms with E-state index in [1.807, 2.05) is 0 Å². The van der Waals surface area contributed by atoms with Crippen molar-refractivity contribution in [2.24, 2.45) is 0 Å². The second kappa shape index (κ2) is 26.9. The third kappa shape index (κ3) is 25.9. The first kappa shape index (κ1) is 35.4. The summed E-state index contributed by atoms with van der Waals surface area (Å²) in [6, 6.07) is 0. The van der Waals surface area contributed by atoms with Crippen molar-refractivity contribution in [1.29, 1.82) is 0 Å². The van der Waals surface area contributed by atoms with Crippen LogP contribution in [0.3, 0.4) is 0 Å². The van der Waals surface area contributed by atoms with Gasteiger partial charge in [0.1, 0.15) is 0 Å². The second-order valence-electron chi connectivity index (χ2n) is 6.46. The Balaban J connectivity index is -0.000000807. The van der Waals surface area contributed by atoms with Crippen LogP contribution in [0.1, 0.15) is 104 Å². The number of carbonyl (C=O) groups is 2. The Morgan fingerprint density at radius 3 is 1.42 bits per heavy atom. The molecule has 0 aromatic rings. The Bertz CT molecular complexity index is 315. The van der Waals surface area contributed by atoms with Gasteiger partial charge >= 0.3 is 101 Å². The normalized spacial score (nSPS) is 10.7. The van der Waals surface area contributed by atoms with Crippen LogP contribution < -0.4 is 0 Å². The summed E-state index contributed by atoms with van der Waals surface area (Å²) in [7, 11) is 0. The summed E-state index contributed by atoms with van der Waals surface area (Å²) < 4.78 is 4.78. The summed E-state index contributed by atoms with van der Waals surface area (Å²) in [5, 5.41) is 8.64. The van der Waals surface area contributed by atoms with Gasteiger partial charge in [-0.25, -0.2) is 4.79 Å². The first-order valence-corrected chi connectivity index (χ1v) is 9.50. The first-order chi connectivity index (χ1) is 11.1. The van der Waals surface area contributed by atoms with E-state index in [0.29, 0.717) is 6.42 Å². The molecule has 0 aliphatic heterocycles. The summed E-state index contributed by atoms with van der Waals surface area (Å²) in [5.74, 6) is -1.49. The molecule has 0 aromatic heterocycles. The zero-order valence-electron chi connectivity index (χ0n) is 15.1. The van der Waals surface area contributed by atoms with Gasteiger partial charge in [-0.15, -0.1) is 0 Å². The van der Waals surface area contributed by atoms with Crippen molar-refractivity contribution in [3.05, 3.63) is 0 Å². The molecule has 4 nitrogen and oxygen atoms in total. The number of rotatable bonds is 16. The van der Waals surface area contributed by atoms with Crippen molar-refractivity contribution in [3.8, 4) is 0 Å². The Morgan fingerprint density at radius 2 is 1.08 bits per heavy atom. The van der Waals surface area contributed by atoms with Gasteiger partial charge in [-0.05, 0) is 13.3 Å². The van der Waals surface area contributed by atoms with Crippen molar-refractivity contribution in [3.63, 3.8) is 0 Å². The number of esters is 1. The second-order valence-corrected chi connectivity index (χ2v) is 6.46. The van der Waals surface area contributed by atoms with Crippen LogP contribution in [0.5, 0.6) is 0 Å². The Morgan fingerprint density at radius 1 is 0.731 bits per heavy atom. The Kier molecular flexibility index (Phi) is 36.7. The predicted molar refractivity (Wildman–Crippen MR) is 115 cm³/mol. The van der Waals surface area contributed by atoms with Gasteiger partial charge in [-0.1, -0.05) is 84.0 Å². The van der Waals surface area contributed by atoms with Crippen molar-refractivity contribution in [2.75, 3.05) is 0 Å². The molecule has 0 fully saturated rings. The van der Waals surface area contributed by atoms with Gasteiger partial charge in [-0.3, -0.25) is 4.79 Å². The molecule has 0 aromatic carbocycles. The number of unbranched alkanes of at least 4 members (excludes halogenated alkanes) is 12. The number of hydrogen-bond donors (Lipinski definition) is 1. The van der Waals surface area contributed by atoms with Crippen LogP contribution in [-0.2, 0) is 14.3 Å². The van der Waals surface area contributed by atoms with Crippen molar-refractivity contribution < 1.29 is 19.4 Å². The molecule has 0 bridgehead atoms. The number of carbonyl (C=O) groups excluding carboxylic acids is 1. The van der Waals surface area contributed by atoms with Crippen LogP contribution in [0.15, 0.2) is 0 Å². The molecule has 1 atom stereocenters. The van der Waals surface area contributed by atoms with Crippen molar-refractivity contribution >= 4 is 101 Å². The zero-order valence-corrected chi connectivity index (χ0v) is 15.1. The molecule has 26 heavy (non-hydrogen) atoms. The Labute approximate surface area is 227 Å². The summed E-state index contributed by atoms with van der Waals surface area (Å²) in [6.07, 6.45) is 15.7. The topological polar surface area (TPSA) is 63.6 Å². The fraction of sp³-hybridized carbons (Fsp3) is 0.895. The molecule has 0 radical (unpaired) electrons. The van der Waals surface area contributed by atoms with Gasteiger partial charge < -0.3 is 9.84 Å². The van der Waals surface area contributed by atoms with E-state index in [9.17, 15) is 9.59 Å². The van der Waals surface area contributed by atoms with E-state index >= 15 is 0 Å². The molecule has 0 saturated heterocycles. The standard InChI is InChI=1S/C19H36O4.3Na.3H/c1-3-4-5-6-7-8-9-10-11-12-13-14-15-16-18(20)23-17(2)19(21)22;;;;;;/h17H,3-16H2,1-2H3,(H,21,22);;;;;;. The van der Waals surface area contributed by atoms with Gasteiger partial charge in [-0.2, -0.15) is 0 Å². The van der Waals surface area contributed by atoms with Gasteiger partial charge in [0.15, 0.2) is 6.10 Å². The van der Waals surface area contributed by atoms with Gasteiger partial charge in [0.2, 0.25) is 0 Å². The molecule has 0 heterocycles. The summed E-state index contributed by atoms with van der Waals surface area (Å²) in [4.78, 5) is 21.9. The number of hydrogen-bond acceptors (Lipinski definition) is 3. The third-order valence-electron chi connectivity index (χ3n) is 4.14. The van der Waals surface area contributed by atoms with E-state index < -0.39 is 18.0 Å². The molecule has 7 heteroatoms. The van der Waals surface area contributed by atoms with E-state index in [-0.39, 0.29) is 88.7 Å². The number of aliphatic carboxylic acids is 1. The van der Waals surface area contributed by atoms with Crippen molar-refractivity contribution in [2.45, 2.75) is 110 Å². The van der Waals surface area contributed by atoms with Crippen molar-refractivity contribution in [1.82, 2.24) is 0 Å². The maximum atomic E-state index is 11.4. The fourth-order valence-electron chi connectivity index (χ4n) is 2.59. The predicted octanol–water partition coefficient (Wildman–Crippen LogP) is 3.54. The van der Waals surface area contributed by atoms with Crippen LogP contribution in [0, 0.1) is 0 Å². The molecule has 0 aliphatic rings. The van der Waals surface area contributed by atoms with E-state index in [1.54, 1.807) is 0 Å². The van der Waals surface area contributed by atoms with Gasteiger partial charge in [0, 0.05) is 6.42 Å². The molecule has 0 saturated carbocycles. The average Bonchev–Trinajstić information content (AvgIpc) is 2.51. The zero-order chi connectivity index (χ0) is 17.3. The van der Waals surface area contributed by atoms with Gasteiger partial charge in [0.25, 0.3) is 0 Å². The van der Waals surface area contributed by atoms with E-state index in [4.69, 9.17) is 9.84 Å². The molecule has 0 spiro atoms.